The van der Waals surface area contributed by atoms with E-state index in [-0.39, 0.29) is 6.61 Å². The highest BCUT2D eigenvalue weighted by Gasteiger charge is 2.29. The SMILES string of the molecule is CCOC(=O)C(=O)c1c(F)c(F)cc(Cl)c1F. The summed E-state index contributed by atoms with van der Waals surface area (Å²) >= 11 is 5.23. The van der Waals surface area contributed by atoms with Gasteiger partial charge in [-0.1, -0.05) is 11.6 Å². The van der Waals surface area contributed by atoms with Gasteiger partial charge >= 0.3 is 5.97 Å². The van der Waals surface area contributed by atoms with E-state index in [0.29, 0.717) is 6.07 Å². The van der Waals surface area contributed by atoms with Gasteiger partial charge in [0.05, 0.1) is 11.6 Å². The lowest BCUT2D eigenvalue weighted by atomic mass is 10.1. The molecule has 0 spiro atoms. The lowest BCUT2D eigenvalue weighted by Gasteiger charge is -2.05. The van der Waals surface area contributed by atoms with Crippen molar-refractivity contribution in [3.05, 3.63) is 34.1 Å². The van der Waals surface area contributed by atoms with E-state index in [0.717, 1.165) is 0 Å². The Bertz CT molecular complexity index is 462. The number of esters is 1. The van der Waals surface area contributed by atoms with E-state index in [4.69, 9.17) is 11.6 Å². The first-order chi connectivity index (χ1) is 7.90. The summed E-state index contributed by atoms with van der Waals surface area (Å²) < 4.78 is 43.7. The Hall–Kier alpha value is -1.56. The third-order valence-corrected chi connectivity index (χ3v) is 2.07. The number of ketones is 1. The number of rotatable bonds is 3. The molecule has 17 heavy (non-hydrogen) atoms. The van der Waals surface area contributed by atoms with Crippen LogP contribution in [0.15, 0.2) is 6.07 Å². The molecule has 1 rings (SSSR count). The van der Waals surface area contributed by atoms with E-state index < -0.39 is 39.8 Å². The Balaban J connectivity index is 3.31. The van der Waals surface area contributed by atoms with Crippen molar-refractivity contribution in [1.29, 1.82) is 0 Å². The minimum atomic E-state index is -1.77. The average Bonchev–Trinajstić information content (AvgIpc) is 2.27. The van der Waals surface area contributed by atoms with Crippen molar-refractivity contribution in [1.82, 2.24) is 0 Å². The van der Waals surface area contributed by atoms with Crippen molar-refractivity contribution >= 4 is 23.4 Å². The molecule has 92 valence electrons. The molecule has 0 unspecified atom stereocenters. The predicted octanol–water partition coefficient (Wildman–Crippen LogP) is 2.50. The molecule has 0 atom stereocenters. The molecule has 1 aromatic carbocycles. The molecule has 0 heterocycles. The second kappa shape index (κ2) is 5.18. The molecule has 0 saturated heterocycles. The summed E-state index contributed by atoms with van der Waals surface area (Å²) in [5.74, 6) is -7.90. The van der Waals surface area contributed by atoms with Gasteiger partial charge in [-0.15, -0.1) is 0 Å². The van der Waals surface area contributed by atoms with E-state index >= 15 is 0 Å². The molecule has 0 aliphatic rings. The van der Waals surface area contributed by atoms with Gasteiger partial charge in [0.1, 0.15) is 5.56 Å². The topological polar surface area (TPSA) is 43.4 Å². The van der Waals surface area contributed by atoms with E-state index in [9.17, 15) is 22.8 Å². The number of ether oxygens (including phenoxy) is 1. The summed E-state index contributed by atoms with van der Waals surface area (Å²) in [6.07, 6.45) is 0. The average molecular weight is 267 g/mol. The molecule has 0 aromatic heterocycles. The molecule has 0 bridgehead atoms. The highest BCUT2D eigenvalue weighted by Crippen LogP contribution is 2.24. The van der Waals surface area contributed by atoms with Crippen LogP contribution in [0.2, 0.25) is 5.02 Å². The Morgan fingerprint density at radius 2 is 1.88 bits per heavy atom. The van der Waals surface area contributed by atoms with Gasteiger partial charge in [-0.3, -0.25) is 4.79 Å². The van der Waals surface area contributed by atoms with Gasteiger partial charge in [-0.25, -0.2) is 18.0 Å². The summed E-state index contributed by atoms with van der Waals surface area (Å²) in [5.41, 5.74) is -1.35. The van der Waals surface area contributed by atoms with Gasteiger partial charge in [-0.2, -0.15) is 0 Å². The van der Waals surface area contributed by atoms with Crippen molar-refractivity contribution in [3.8, 4) is 0 Å². The van der Waals surface area contributed by atoms with Gasteiger partial charge in [-0.05, 0) is 13.0 Å². The van der Waals surface area contributed by atoms with Crippen LogP contribution in [0.4, 0.5) is 13.2 Å². The number of hydrogen-bond acceptors (Lipinski definition) is 3. The lowest BCUT2D eigenvalue weighted by molar-refractivity contribution is -0.137. The molecule has 3 nitrogen and oxygen atoms in total. The number of carbonyl (C=O) groups excluding carboxylic acids is 2. The van der Waals surface area contributed by atoms with Crippen LogP contribution in [0.25, 0.3) is 0 Å². The molecule has 0 saturated carbocycles. The zero-order valence-electron chi connectivity index (χ0n) is 8.52. The van der Waals surface area contributed by atoms with E-state index in [2.05, 4.69) is 4.74 Å². The van der Waals surface area contributed by atoms with Gasteiger partial charge in [0.15, 0.2) is 17.5 Å². The number of halogens is 4. The lowest BCUT2D eigenvalue weighted by Crippen LogP contribution is -2.21. The maximum atomic E-state index is 13.3. The number of carbonyl (C=O) groups is 2. The molecule has 0 N–H and O–H groups in total. The van der Waals surface area contributed by atoms with Gasteiger partial charge < -0.3 is 4.74 Å². The fourth-order valence-corrected chi connectivity index (χ4v) is 1.26. The fourth-order valence-electron chi connectivity index (χ4n) is 1.07. The van der Waals surface area contributed by atoms with Crippen LogP contribution in [0.3, 0.4) is 0 Å². The first-order valence-electron chi connectivity index (χ1n) is 4.44. The highest BCUT2D eigenvalue weighted by atomic mass is 35.5. The Morgan fingerprint density at radius 3 is 2.41 bits per heavy atom. The third-order valence-electron chi connectivity index (χ3n) is 1.80. The molecular weight excluding hydrogens is 261 g/mol. The molecule has 0 fully saturated rings. The van der Waals surface area contributed by atoms with Gasteiger partial charge in [0, 0.05) is 0 Å². The summed E-state index contributed by atoms with van der Waals surface area (Å²) in [6, 6.07) is 0.369. The zero-order chi connectivity index (χ0) is 13.2. The van der Waals surface area contributed by atoms with Crippen LogP contribution in [0.5, 0.6) is 0 Å². The maximum absolute atomic E-state index is 13.3. The van der Waals surface area contributed by atoms with Crippen LogP contribution in [0, 0.1) is 17.5 Å². The largest absolute Gasteiger partial charge is 0.460 e. The number of Topliss-reactive ketones (excluding diaryl/α,β-unsaturated/α-hetero) is 1. The van der Waals surface area contributed by atoms with Crippen molar-refractivity contribution in [2.45, 2.75) is 6.92 Å². The normalized spacial score (nSPS) is 10.2. The number of hydrogen-bond donors (Lipinski definition) is 0. The maximum Gasteiger partial charge on any atom is 0.379 e. The molecule has 7 heteroatoms. The van der Waals surface area contributed by atoms with Crippen molar-refractivity contribution < 1.29 is 27.5 Å². The predicted molar refractivity (Wildman–Crippen MR) is 52.3 cm³/mol. The van der Waals surface area contributed by atoms with E-state index in [1.54, 1.807) is 0 Å². The fraction of sp³-hybridized carbons (Fsp3) is 0.200. The summed E-state index contributed by atoms with van der Waals surface area (Å²) in [7, 11) is 0. The Kier molecular flexibility index (Phi) is 4.11. The molecule has 0 aliphatic carbocycles. The molecule has 1 aromatic rings. The Morgan fingerprint density at radius 1 is 1.29 bits per heavy atom. The smallest absolute Gasteiger partial charge is 0.379 e. The van der Waals surface area contributed by atoms with Crippen LogP contribution in [-0.2, 0) is 9.53 Å². The summed E-state index contributed by atoms with van der Waals surface area (Å²) in [5, 5.41) is -0.795. The Labute approximate surface area is 99.1 Å². The molecule has 0 amide bonds. The summed E-state index contributed by atoms with van der Waals surface area (Å²) in [4.78, 5) is 22.3. The first kappa shape index (κ1) is 13.5. The highest BCUT2D eigenvalue weighted by molar-refractivity contribution is 6.41. The van der Waals surface area contributed by atoms with Crippen LogP contribution in [-0.4, -0.2) is 18.4 Å². The van der Waals surface area contributed by atoms with Gasteiger partial charge in [0.25, 0.3) is 5.78 Å². The van der Waals surface area contributed by atoms with Crippen LogP contribution < -0.4 is 0 Å². The first-order valence-corrected chi connectivity index (χ1v) is 4.82. The quantitative estimate of drug-likeness (QED) is 0.365. The second-order valence-corrected chi connectivity index (χ2v) is 3.30. The molecular formula is C10H6ClF3O3. The van der Waals surface area contributed by atoms with Crippen LogP contribution in [0.1, 0.15) is 17.3 Å². The minimum Gasteiger partial charge on any atom is -0.460 e. The molecule has 0 radical (unpaired) electrons. The standard InChI is InChI=1S/C10H6ClF3O3/c1-2-17-10(16)9(15)6-7(13)4(11)3-5(12)8(6)14/h3H,2H2,1H3. The number of benzene rings is 1. The monoisotopic (exact) mass is 266 g/mol. The minimum absolute atomic E-state index is 0.156. The molecule has 0 aliphatic heterocycles. The zero-order valence-corrected chi connectivity index (χ0v) is 9.28. The van der Waals surface area contributed by atoms with E-state index in [1.165, 1.54) is 6.92 Å². The summed E-state index contributed by atoms with van der Waals surface area (Å²) in [6.45, 7) is 1.24. The van der Waals surface area contributed by atoms with Crippen molar-refractivity contribution in [3.63, 3.8) is 0 Å². The van der Waals surface area contributed by atoms with Gasteiger partial charge in [0.2, 0.25) is 0 Å². The van der Waals surface area contributed by atoms with Crippen molar-refractivity contribution in [2.24, 2.45) is 0 Å². The van der Waals surface area contributed by atoms with E-state index in [1.807, 2.05) is 0 Å². The van der Waals surface area contributed by atoms with Crippen molar-refractivity contribution in [2.75, 3.05) is 6.61 Å². The van der Waals surface area contributed by atoms with Crippen LogP contribution >= 0.6 is 11.6 Å². The second-order valence-electron chi connectivity index (χ2n) is 2.89. The third kappa shape index (κ3) is 2.58.